The largest absolute Gasteiger partial charge is 0.356 e. The standard InChI is InChI=1S/C20H27N3O2S2/c24-18(21-16-5-2-1-3-6-16)13-27-20(26)22-10-14-9-15(12-22)17-7-4-8-19(25)23(17)11-14/h4,7-8,14-16H,1-3,5-6,9-13H2,(H,21,24)/t14-,15+/m0/s1. The number of thiocarbonyl (C=S) groups is 1. The normalized spacial score (nSPS) is 25.0. The summed E-state index contributed by atoms with van der Waals surface area (Å²) < 4.78 is 2.75. The first kappa shape index (κ1) is 19.0. The SMILES string of the molecule is O=C(CSC(=S)N1C[C@@H]2C[C@H](C1)c1cccc(=O)n1C2)NC1CCCCC1. The van der Waals surface area contributed by atoms with Crippen molar-refractivity contribution in [3.05, 3.63) is 34.2 Å². The predicted molar refractivity (Wildman–Crippen MR) is 113 cm³/mol. The summed E-state index contributed by atoms with van der Waals surface area (Å²) in [5.74, 6) is 1.30. The molecule has 3 heterocycles. The Balaban J connectivity index is 1.31. The van der Waals surface area contributed by atoms with Crippen molar-refractivity contribution in [2.75, 3.05) is 18.8 Å². The molecule has 2 bridgehead atoms. The average molecular weight is 406 g/mol. The first-order chi connectivity index (χ1) is 13.1. The predicted octanol–water partition coefficient (Wildman–Crippen LogP) is 2.73. The second-order valence-electron chi connectivity index (χ2n) is 8.06. The van der Waals surface area contributed by atoms with Crippen molar-refractivity contribution in [3.8, 4) is 0 Å². The van der Waals surface area contributed by atoms with Crippen LogP contribution in [-0.4, -0.2) is 44.6 Å². The van der Waals surface area contributed by atoms with Crippen molar-refractivity contribution in [2.45, 2.75) is 57.0 Å². The van der Waals surface area contributed by atoms with Crippen molar-refractivity contribution >= 4 is 34.2 Å². The number of nitrogens with zero attached hydrogens (tertiary/aromatic N) is 2. The molecular weight excluding hydrogens is 378 g/mol. The van der Waals surface area contributed by atoms with Gasteiger partial charge in [-0.15, -0.1) is 0 Å². The molecule has 0 radical (unpaired) electrons. The van der Waals surface area contributed by atoms with Crippen LogP contribution in [0.25, 0.3) is 0 Å². The highest BCUT2D eigenvalue weighted by atomic mass is 32.2. The Bertz CT molecular complexity index is 773. The number of carbonyl (C=O) groups is 1. The zero-order valence-electron chi connectivity index (χ0n) is 15.6. The fourth-order valence-corrected chi connectivity index (χ4v) is 5.78. The molecule has 1 aromatic rings. The van der Waals surface area contributed by atoms with E-state index in [1.807, 2.05) is 10.6 Å². The number of likely N-dealkylation sites (tertiary alicyclic amines) is 1. The van der Waals surface area contributed by atoms with Gasteiger partial charge in [-0.1, -0.05) is 49.3 Å². The minimum Gasteiger partial charge on any atom is -0.356 e. The molecule has 146 valence electrons. The summed E-state index contributed by atoms with van der Waals surface area (Å²) in [6, 6.07) is 5.92. The number of rotatable bonds is 3. The molecule has 1 N–H and O–H groups in total. The smallest absolute Gasteiger partial charge is 0.250 e. The van der Waals surface area contributed by atoms with Gasteiger partial charge in [0.1, 0.15) is 4.32 Å². The van der Waals surface area contributed by atoms with Crippen LogP contribution in [0, 0.1) is 5.92 Å². The zero-order chi connectivity index (χ0) is 18.8. The molecule has 1 aliphatic carbocycles. The summed E-state index contributed by atoms with van der Waals surface area (Å²) in [7, 11) is 0. The molecule has 2 fully saturated rings. The van der Waals surface area contributed by atoms with E-state index in [9.17, 15) is 9.59 Å². The number of fused-ring (bicyclic) bond motifs is 4. The fourth-order valence-electron chi connectivity index (χ4n) is 4.78. The molecule has 0 spiro atoms. The lowest BCUT2D eigenvalue weighted by Crippen LogP contribution is -2.48. The molecule has 2 aliphatic heterocycles. The van der Waals surface area contributed by atoms with Crippen LogP contribution in [0.5, 0.6) is 0 Å². The van der Waals surface area contributed by atoms with E-state index in [1.165, 1.54) is 31.0 Å². The summed E-state index contributed by atoms with van der Waals surface area (Å²) in [5, 5.41) is 3.16. The van der Waals surface area contributed by atoms with Crippen LogP contribution in [0.2, 0.25) is 0 Å². The summed E-state index contributed by atoms with van der Waals surface area (Å²) in [6.07, 6.45) is 7.06. The van der Waals surface area contributed by atoms with Gasteiger partial charge in [-0.25, -0.2) is 0 Å². The van der Waals surface area contributed by atoms with Gasteiger partial charge in [0.2, 0.25) is 5.91 Å². The van der Waals surface area contributed by atoms with E-state index in [0.717, 1.165) is 48.9 Å². The molecule has 1 saturated heterocycles. The highest BCUT2D eigenvalue weighted by Gasteiger charge is 2.35. The van der Waals surface area contributed by atoms with E-state index in [1.54, 1.807) is 6.07 Å². The molecule has 2 atom stereocenters. The van der Waals surface area contributed by atoms with Crippen molar-refractivity contribution in [3.63, 3.8) is 0 Å². The van der Waals surface area contributed by atoms with Crippen molar-refractivity contribution in [1.29, 1.82) is 0 Å². The number of carbonyl (C=O) groups excluding carboxylic acids is 1. The molecule has 1 saturated carbocycles. The maximum absolute atomic E-state index is 12.2. The number of nitrogens with one attached hydrogen (secondary N) is 1. The molecule has 27 heavy (non-hydrogen) atoms. The third-order valence-electron chi connectivity index (χ3n) is 6.03. The Morgan fingerprint density at radius 1 is 1.19 bits per heavy atom. The number of pyridine rings is 1. The lowest BCUT2D eigenvalue weighted by atomic mass is 9.83. The van der Waals surface area contributed by atoms with Gasteiger partial charge in [-0.05, 0) is 31.2 Å². The molecule has 4 rings (SSSR count). The number of thioether (sulfide) groups is 1. The Morgan fingerprint density at radius 2 is 2.00 bits per heavy atom. The number of amides is 1. The highest BCUT2D eigenvalue weighted by Crippen LogP contribution is 2.36. The van der Waals surface area contributed by atoms with Crippen molar-refractivity contribution < 1.29 is 4.79 Å². The van der Waals surface area contributed by atoms with Gasteiger partial charge in [-0.2, -0.15) is 0 Å². The average Bonchev–Trinajstić information content (AvgIpc) is 2.67. The van der Waals surface area contributed by atoms with Gasteiger partial charge < -0.3 is 14.8 Å². The third kappa shape index (κ3) is 4.40. The molecule has 0 unspecified atom stereocenters. The number of aromatic nitrogens is 1. The third-order valence-corrected chi connectivity index (χ3v) is 7.56. The van der Waals surface area contributed by atoms with E-state index >= 15 is 0 Å². The monoisotopic (exact) mass is 405 g/mol. The van der Waals surface area contributed by atoms with E-state index < -0.39 is 0 Å². The van der Waals surface area contributed by atoms with Gasteiger partial charge in [0, 0.05) is 43.4 Å². The first-order valence-electron chi connectivity index (χ1n) is 10.0. The van der Waals surface area contributed by atoms with Crippen LogP contribution in [0.15, 0.2) is 23.0 Å². The van der Waals surface area contributed by atoms with Gasteiger partial charge in [0.15, 0.2) is 0 Å². The van der Waals surface area contributed by atoms with Gasteiger partial charge >= 0.3 is 0 Å². The first-order valence-corrected chi connectivity index (χ1v) is 11.4. The Hall–Kier alpha value is -1.34. The molecule has 1 aromatic heterocycles. The van der Waals surface area contributed by atoms with E-state index in [0.29, 0.717) is 23.6 Å². The quantitative estimate of drug-likeness (QED) is 0.784. The van der Waals surface area contributed by atoms with Gasteiger partial charge in [0.25, 0.3) is 5.56 Å². The van der Waals surface area contributed by atoms with Gasteiger partial charge in [0.05, 0.1) is 5.75 Å². The Kier molecular flexibility index (Phi) is 5.88. The molecule has 3 aliphatic rings. The summed E-state index contributed by atoms with van der Waals surface area (Å²) in [5.41, 5.74) is 1.23. The Morgan fingerprint density at radius 3 is 2.81 bits per heavy atom. The second kappa shape index (κ2) is 8.35. The topological polar surface area (TPSA) is 54.3 Å². The second-order valence-corrected chi connectivity index (χ2v) is 9.67. The van der Waals surface area contributed by atoms with Crippen LogP contribution in [0.3, 0.4) is 0 Å². The van der Waals surface area contributed by atoms with E-state index in [-0.39, 0.29) is 11.5 Å². The fraction of sp³-hybridized carbons (Fsp3) is 0.650. The molecular formula is C20H27N3O2S2. The molecule has 5 nitrogen and oxygen atoms in total. The lowest BCUT2D eigenvalue weighted by Gasteiger charge is -2.43. The van der Waals surface area contributed by atoms with Crippen molar-refractivity contribution in [2.24, 2.45) is 5.92 Å². The summed E-state index contributed by atoms with van der Waals surface area (Å²) in [6.45, 7) is 2.50. The minimum absolute atomic E-state index is 0.100. The minimum atomic E-state index is 0.100. The number of hydrogen-bond acceptors (Lipinski definition) is 4. The summed E-state index contributed by atoms with van der Waals surface area (Å²) in [4.78, 5) is 26.6. The van der Waals surface area contributed by atoms with Crippen LogP contribution in [0.1, 0.15) is 50.1 Å². The Labute approximate surface area is 169 Å². The van der Waals surface area contributed by atoms with Crippen molar-refractivity contribution in [1.82, 2.24) is 14.8 Å². The van der Waals surface area contributed by atoms with Crippen LogP contribution >= 0.6 is 24.0 Å². The molecule has 1 amide bonds. The molecule has 0 aromatic carbocycles. The summed E-state index contributed by atoms with van der Waals surface area (Å²) >= 11 is 7.12. The molecule has 7 heteroatoms. The number of hydrogen-bond donors (Lipinski definition) is 1. The maximum Gasteiger partial charge on any atom is 0.250 e. The van der Waals surface area contributed by atoms with E-state index in [4.69, 9.17) is 12.2 Å². The van der Waals surface area contributed by atoms with Gasteiger partial charge in [-0.3, -0.25) is 9.59 Å². The lowest BCUT2D eigenvalue weighted by molar-refractivity contribution is -0.119. The van der Waals surface area contributed by atoms with Crippen LogP contribution in [0.4, 0.5) is 0 Å². The van der Waals surface area contributed by atoms with Crippen LogP contribution in [-0.2, 0) is 11.3 Å². The highest BCUT2D eigenvalue weighted by molar-refractivity contribution is 8.23. The van der Waals surface area contributed by atoms with E-state index in [2.05, 4.69) is 16.3 Å². The maximum atomic E-state index is 12.2. The van der Waals surface area contributed by atoms with Crippen LogP contribution < -0.4 is 10.9 Å². The zero-order valence-corrected chi connectivity index (χ0v) is 17.2. The number of piperidine rings is 1.